The summed E-state index contributed by atoms with van der Waals surface area (Å²) in [5, 5.41) is 0.632. The Morgan fingerprint density at radius 3 is 2.67 bits per heavy atom. The molecule has 1 aromatic carbocycles. The largest absolute Gasteiger partial charge is 0.207 e. The number of benzene rings is 1. The Bertz CT molecular complexity index is 273. The summed E-state index contributed by atoms with van der Waals surface area (Å²) < 4.78 is 25.7. The average Bonchev–Trinajstić information content (AvgIpc) is 2.08. The van der Waals surface area contributed by atoms with E-state index in [1.54, 1.807) is 0 Å². The summed E-state index contributed by atoms with van der Waals surface area (Å²) in [6, 6.07) is 3.52. The lowest BCUT2D eigenvalue weighted by Crippen LogP contribution is -1.98. The summed E-state index contributed by atoms with van der Waals surface area (Å²) in [6.07, 6.45) is 0. The fourth-order valence-electron chi connectivity index (χ4n) is 0.975. The van der Waals surface area contributed by atoms with Gasteiger partial charge in [-0.25, -0.2) is 8.78 Å². The molecule has 0 radical (unpaired) electrons. The zero-order chi connectivity index (χ0) is 9.14. The monoisotopic (exact) mass is 234 g/mol. The summed E-state index contributed by atoms with van der Waals surface area (Å²) in [5.41, 5.74) is 0.423. The normalized spacial score (nSPS) is 13.0. The molecule has 0 spiro atoms. The number of hydrogen-bond donors (Lipinski definition) is 0. The van der Waals surface area contributed by atoms with Crippen LogP contribution in [-0.4, -0.2) is 5.33 Å². The lowest BCUT2D eigenvalue weighted by atomic mass is 10.0. The van der Waals surface area contributed by atoms with E-state index in [9.17, 15) is 8.78 Å². The van der Waals surface area contributed by atoms with Crippen LogP contribution in [-0.2, 0) is 0 Å². The first kappa shape index (κ1) is 9.65. The molecule has 0 saturated heterocycles. The number of halogens is 3. The molecule has 66 valence electrons. The van der Waals surface area contributed by atoms with E-state index in [2.05, 4.69) is 15.9 Å². The van der Waals surface area contributed by atoms with Gasteiger partial charge in [0.15, 0.2) is 0 Å². The van der Waals surface area contributed by atoms with Gasteiger partial charge >= 0.3 is 0 Å². The molecule has 0 aromatic heterocycles. The molecule has 3 heteroatoms. The fraction of sp³-hybridized carbons (Fsp3) is 0.333. The van der Waals surface area contributed by atoms with Crippen LogP contribution in [0.3, 0.4) is 0 Å². The van der Waals surface area contributed by atoms with E-state index in [0.29, 0.717) is 10.9 Å². The molecule has 0 N–H and O–H groups in total. The van der Waals surface area contributed by atoms with Crippen LogP contribution < -0.4 is 0 Å². The summed E-state index contributed by atoms with van der Waals surface area (Å²) >= 11 is 3.22. The molecule has 12 heavy (non-hydrogen) atoms. The molecule has 0 fully saturated rings. The first-order valence-electron chi connectivity index (χ1n) is 3.66. The van der Waals surface area contributed by atoms with Gasteiger partial charge in [0.2, 0.25) is 0 Å². The van der Waals surface area contributed by atoms with Gasteiger partial charge in [-0.1, -0.05) is 22.9 Å². The Hall–Kier alpha value is -0.440. The lowest BCUT2D eigenvalue weighted by molar-refractivity contribution is 0.577. The number of rotatable bonds is 2. The van der Waals surface area contributed by atoms with E-state index in [0.717, 1.165) is 12.1 Å². The van der Waals surface area contributed by atoms with Crippen molar-refractivity contribution in [2.24, 2.45) is 0 Å². The molecule has 0 saturated carbocycles. The maximum atomic E-state index is 13.0. The minimum Gasteiger partial charge on any atom is -0.207 e. The van der Waals surface area contributed by atoms with Crippen LogP contribution >= 0.6 is 15.9 Å². The van der Waals surface area contributed by atoms with Gasteiger partial charge in [0.1, 0.15) is 11.6 Å². The van der Waals surface area contributed by atoms with Gasteiger partial charge in [-0.2, -0.15) is 0 Å². The van der Waals surface area contributed by atoms with Crippen LogP contribution in [0.4, 0.5) is 8.78 Å². The zero-order valence-corrected chi connectivity index (χ0v) is 8.24. The van der Waals surface area contributed by atoms with E-state index >= 15 is 0 Å². The van der Waals surface area contributed by atoms with Crippen molar-refractivity contribution in [2.45, 2.75) is 12.8 Å². The molecule has 0 aliphatic heterocycles. The molecule has 0 nitrogen and oxygen atoms in total. The Kier molecular flexibility index (Phi) is 3.20. The van der Waals surface area contributed by atoms with Gasteiger partial charge in [0, 0.05) is 5.33 Å². The molecular weight excluding hydrogens is 226 g/mol. The SMILES string of the molecule is CC(CBr)c1cc(F)ccc1F. The van der Waals surface area contributed by atoms with Crippen molar-refractivity contribution < 1.29 is 8.78 Å². The second kappa shape index (κ2) is 3.99. The van der Waals surface area contributed by atoms with E-state index in [1.165, 1.54) is 6.07 Å². The second-order valence-electron chi connectivity index (χ2n) is 2.72. The van der Waals surface area contributed by atoms with Crippen molar-refractivity contribution in [3.63, 3.8) is 0 Å². The maximum Gasteiger partial charge on any atom is 0.126 e. The van der Waals surface area contributed by atoms with Crippen LogP contribution in [0.25, 0.3) is 0 Å². The molecule has 1 rings (SSSR count). The minimum absolute atomic E-state index is 0.000648. The molecule has 0 amide bonds. The van der Waals surface area contributed by atoms with E-state index in [4.69, 9.17) is 0 Å². The summed E-state index contributed by atoms with van der Waals surface area (Å²) in [6.45, 7) is 1.84. The van der Waals surface area contributed by atoms with E-state index < -0.39 is 0 Å². The number of hydrogen-bond acceptors (Lipinski definition) is 0. The van der Waals surface area contributed by atoms with Crippen molar-refractivity contribution >= 4 is 15.9 Å². The molecule has 0 aliphatic carbocycles. The second-order valence-corrected chi connectivity index (χ2v) is 3.37. The Morgan fingerprint density at radius 1 is 1.42 bits per heavy atom. The highest BCUT2D eigenvalue weighted by atomic mass is 79.9. The molecular formula is C9H9BrF2. The molecule has 0 heterocycles. The Balaban J connectivity index is 3.04. The topological polar surface area (TPSA) is 0 Å². The van der Waals surface area contributed by atoms with Gasteiger partial charge in [-0.15, -0.1) is 0 Å². The lowest BCUT2D eigenvalue weighted by Gasteiger charge is -2.08. The van der Waals surface area contributed by atoms with Gasteiger partial charge in [0.25, 0.3) is 0 Å². The first-order valence-corrected chi connectivity index (χ1v) is 4.78. The predicted octanol–water partition coefficient (Wildman–Crippen LogP) is 3.46. The highest BCUT2D eigenvalue weighted by molar-refractivity contribution is 9.09. The minimum atomic E-state index is -0.390. The zero-order valence-electron chi connectivity index (χ0n) is 6.65. The summed E-state index contributed by atoms with van der Waals surface area (Å²) in [4.78, 5) is 0. The van der Waals surface area contributed by atoms with Crippen LogP contribution in [0.15, 0.2) is 18.2 Å². The molecule has 1 aromatic rings. The molecule has 1 atom stereocenters. The van der Waals surface area contributed by atoms with Crippen molar-refractivity contribution in [3.8, 4) is 0 Å². The number of alkyl halides is 1. The van der Waals surface area contributed by atoms with Gasteiger partial charge in [-0.05, 0) is 29.7 Å². The van der Waals surface area contributed by atoms with Crippen molar-refractivity contribution in [3.05, 3.63) is 35.4 Å². The third-order valence-corrected chi connectivity index (χ3v) is 2.69. The standard InChI is InChI=1S/C9H9BrF2/c1-6(5-10)8-4-7(11)2-3-9(8)12/h2-4,6H,5H2,1H3. The van der Waals surface area contributed by atoms with Crippen LogP contribution in [0, 0.1) is 11.6 Å². The summed E-state index contributed by atoms with van der Waals surface area (Å²) in [7, 11) is 0. The first-order chi connectivity index (χ1) is 5.65. The molecule has 1 unspecified atom stereocenters. The van der Waals surface area contributed by atoms with Gasteiger partial charge in [-0.3, -0.25) is 0 Å². The van der Waals surface area contributed by atoms with Crippen LogP contribution in [0.1, 0.15) is 18.4 Å². The van der Waals surface area contributed by atoms with Crippen molar-refractivity contribution in [1.82, 2.24) is 0 Å². The van der Waals surface area contributed by atoms with Crippen molar-refractivity contribution in [1.29, 1.82) is 0 Å². The predicted molar refractivity (Wildman–Crippen MR) is 48.6 cm³/mol. The smallest absolute Gasteiger partial charge is 0.126 e. The summed E-state index contributed by atoms with van der Waals surface area (Å²) in [5.74, 6) is -0.733. The van der Waals surface area contributed by atoms with Gasteiger partial charge in [0.05, 0.1) is 0 Å². The van der Waals surface area contributed by atoms with Crippen LogP contribution in [0.2, 0.25) is 0 Å². The third-order valence-electron chi connectivity index (χ3n) is 1.72. The molecule has 0 aliphatic rings. The quantitative estimate of drug-likeness (QED) is 0.688. The van der Waals surface area contributed by atoms with E-state index in [1.807, 2.05) is 6.92 Å². The maximum absolute atomic E-state index is 13.0. The Morgan fingerprint density at radius 2 is 2.08 bits per heavy atom. The molecule has 0 bridgehead atoms. The highest BCUT2D eigenvalue weighted by Gasteiger charge is 2.10. The average molecular weight is 235 g/mol. The van der Waals surface area contributed by atoms with Crippen molar-refractivity contribution in [2.75, 3.05) is 5.33 Å². The van der Waals surface area contributed by atoms with E-state index in [-0.39, 0.29) is 17.6 Å². The highest BCUT2D eigenvalue weighted by Crippen LogP contribution is 2.21. The van der Waals surface area contributed by atoms with Gasteiger partial charge < -0.3 is 0 Å². The fourth-order valence-corrected chi connectivity index (χ4v) is 1.32. The van der Waals surface area contributed by atoms with Crippen LogP contribution in [0.5, 0.6) is 0 Å². The Labute approximate surface area is 78.7 Å². The third kappa shape index (κ3) is 2.03.